The zero-order chi connectivity index (χ0) is 33.2. The maximum absolute atomic E-state index is 6.74. The summed E-state index contributed by atoms with van der Waals surface area (Å²) in [4.78, 5) is 0. The molecule has 0 aliphatic heterocycles. The third-order valence-corrected chi connectivity index (χ3v) is 12.0. The fourth-order valence-electron chi connectivity index (χ4n) is 8.68. The molecule has 0 spiro atoms. The molecule has 236 valence electrons. The molecule has 0 N–H and O–H groups in total. The lowest BCUT2D eigenvalue weighted by Gasteiger charge is -2.17. The normalized spacial score (nSPS) is 12.3. The highest BCUT2D eigenvalue weighted by Gasteiger charge is 2.20. The van der Waals surface area contributed by atoms with Gasteiger partial charge in [0, 0.05) is 47.1 Å². The second-order valence-corrected chi connectivity index (χ2v) is 14.6. The van der Waals surface area contributed by atoms with E-state index in [2.05, 4.69) is 146 Å². The van der Waals surface area contributed by atoms with Gasteiger partial charge in [-0.3, -0.25) is 0 Å². The standard InChI is InChI=1S/C48H26O2S/c1-3-12-33-31(10-1)44(28-19-22-39-37(25-28)30-9-5-7-15-38(30)49-39)32-11-2-4-13-34(32)45(33)29-17-21-35-41(26-29)50-40-23-18-27-20-24-43-48(46(27)47(35)40)36-14-6-8-16-42(36)51-43/h1-26H. The number of hydrogen-bond acceptors (Lipinski definition) is 3. The summed E-state index contributed by atoms with van der Waals surface area (Å²) in [5.41, 5.74) is 8.43. The highest BCUT2D eigenvalue weighted by molar-refractivity contribution is 7.26. The van der Waals surface area contributed by atoms with Gasteiger partial charge in [-0.15, -0.1) is 11.3 Å². The second-order valence-electron chi connectivity index (χ2n) is 13.5. The molecule has 12 aromatic rings. The van der Waals surface area contributed by atoms with E-state index in [4.69, 9.17) is 8.83 Å². The number of benzene rings is 9. The van der Waals surface area contributed by atoms with Crippen molar-refractivity contribution >= 4 is 108 Å². The van der Waals surface area contributed by atoms with Crippen LogP contribution < -0.4 is 0 Å². The minimum Gasteiger partial charge on any atom is -0.456 e. The molecule has 0 unspecified atom stereocenters. The van der Waals surface area contributed by atoms with Crippen LogP contribution in [0.25, 0.3) is 119 Å². The average Bonchev–Trinajstić information content (AvgIpc) is 3.87. The predicted molar refractivity (Wildman–Crippen MR) is 217 cm³/mol. The van der Waals surface area contributed by atoms with Crippen molar-refractivity contribution in [2.75, 3.05) is 0 Å². The smallest absolute Gasteiger partial charge is 0.136 e. The molecule has 0 aliphatic carbocycles. The lowest BCUT2D eigenvalue weighted by atomic mass is 9.85. The van der Waals surface area contributed by atoms with Crippen LogP contribution in [0.15, 0.2) is 167 Å². The van der Waals surface area contributed by atoms with Gasteiger partial charge in [0.15, 0.2) is 0 Å². The number of para-hydroxylation sites is 1. The number of fused-ring (bicyclic) bond motifs is 14. The van der Waals surface area contributed by atoms with Gasteiger partial charge in [-0.2, -0.15) is 0 Å². The molecule has 0 saturated carbocycles. The van der Waals surface area contributed by atoms with Crippen LogP contribution in [0.3, 0.4) is 0 Å². The maximum Gasteiger partial charge on any atom is 0.136 e. The minimum atomic E-state index is 0.904. The van der Waals surface area contributed by atoms with Gasteiger partial charge in [0.1, 0.15) is 22.3 Å². The van der Waals surface area contributed by atoms with Gasteiger partial charge in [-0.1, -0.05) is 109 Å². The van der Waals surface area contributed by atoms with Crippen LogP contribution in [-0.4, -0.2) is 0 Å². The molecule has 0 saturated heterocycles. The van der Waals surface area contributed by atoms with Crippen molar-refractivity contribution in [1.29, 1.82) is 0 Å². The second kappa shape index (κ2) is 10.1. The summed E-state index contributed by atoms with van der Waals surface area (Å²) in [5.74, 6) is 0. The van der Waals surface area contributed by atoms with Gasteiger partial charge in [0.2, 0.25) is 0 Å². The summed E-state index contributed by atoms with van der Waals surface area (Å²) >= 11 is 1.86. The van der Waals surface area contributed by atoms with Crippen LogP contribution >= 0.6 is 11.3 Å². The molecule has 12 rings (SSSR count). The molecule has 0 amide bonds. The van der Waals surface area contributed by atoms with Crippen molar-refractivity contribution < 1.29 is 8.83 Å². The molecular formula is C48H26O2S. The molecule has 0 aliphatic rings. The summed E-state index contributed by atoms with van der Waals surface area (Å²) in [6, 6.07) is 57.0. The summed E-state index contributed by atoms with van der Waals surface area (Å²) in [7, 11) is 0. The summed E-state index contributed by atoms with van der Waals surface area (Å²) in [6.45, 7) is 0. The quantitative estimate of drug-likeness (QED) is 0.172. The molecule has 51 heavy (non-hydrogen) atoms. The van der Waals surface area contributed by atoms with Gasteiger partial charge in [0.25, 0.3) is 0 Å². The minimum absolute atomic E-state index is 0.904. The third-order valence-electron chi connectivity index (χ3n) is 10.8. The van der Waals surface area contributed by atoms with Crippen molar-refractivity contribution in [3.8, 4) is 22.3 Å². The number of rotatable bonds is 2. The van der Waals surface area contributed by atoms with Crippen molar-refractivity contribution in [2.45, 2.75) is 0 Å². The van der Waals surface area contributed by atoms with Crippen molar-refractivity contribution in [3.05, 3.63) is 158 Å². The average molecular weight is 667 g/mol. The zero-order valence-electron chi connectivity index (χ0n) is 27.2. The topological polar surface area (TPSA) is 26.3 Å². The van der Waals surface area contributed by atoms with E-state index in [1.165, 1.54) is 74.6 Å². The maximum atomic E-state index is 6.74. The highest BCUT2D eigenvalue weighted by atomic mass is 32.1. The summed E-state index contributed by atoms with van der Waals surface area (Å²) in [6.07, 6.45) is 0. The van der Waals surface area contributed by atoms with E-state index in [0.717, 1.165) is 44.1 Å². The third kappa shape index (κ3) is 3.76. The summed E-state index contributed by atoms with van der Waals surface area (Å²) in [5, 5.41) is 14.6. The Morgan fingerprint density at radius 3 is 1.65 bits per heavy atom. The molecule has 3 heteroatoms. The zero-order valence-corrected chi connectivity index (χ0v) is 28.1. The molecule has 3 aromatic heterocycles. The van der Waals surface area contributed by atoms with Crippen molar-refractivity contribution in [3.63, 3.8) is 0 Å². The van der Waals surface area contributed by atoms with Crippen molar-refractivity contribution in [2.24, 2.45) is 0 Å². The molecule has 2 nitrogen and oxygen atoms in total. The Bertz CT molecular complexity index is 3370. The largest absolute Gasteiger partial charge is 0.456 e. The first-order valence-electron chi connectivity index (χ1n) is 17.3. The van der Waals surface area contributed by atoms with E-state index in [-0.39, 0.29) is 0 Å². The van der Waals surface area contributed by atoms with E-state index < -0.39 is 0 Å². The van der Waals surface area contributed by atoms with E-state index in [1.807, 2.05) is 23.5 Å². The monoisotopic (exact) mass is 666 g/mol. The lowest BCUT2D eigenvalue weighted by molar-refractivity contribution is 0.669. The highest BCUT2D eigenvalue weighted by Crippen LogP contribution is 2.47. The van der Waals surface area contributed by atoms with E-state index in [9.17, 15) is 0 Å². The molecule has 9 aromatic carbocycles. The van der Waals surface area contributed by atoms with Gasteiger partial charge in [-0.05, 0) is 97.7 Å². The summed E-state index contributed by atoms with van der Waals surface area (Å²) < 4.78 is 15.6. The first-order chi connectivity index (χ1) is 25.3. The fourth-order valence-corrected chi connectivity index (χ4v) is 9.80. The Morgan fingerprint density at radius 1 is 0.314 bits per heavy atom. The van der Waals surface area contributed by atoms with Crippen LogP contribution in [0.5, 0.6) is 0 Å². The SMILES string of the molecule is c1ccc2c(c1)oc1ccc(-c3c4ccccc4c(-c4ccc5c(c4)oc4ccc6ccc7sc8ccccc8c7c6c45)c4ccccc34)cc12. The van der Waals surface area contributed by atoms with Gasteiger partial charge in [-0.25, -0.2) is 0 Å². The Hall–Kier alpha value is -6.42. The molecule has 3 heterocycles. The van der Waals surface area contributed by atoms with Crippen LogP contribution in [0, 0.1) is 0 Å². The van der Waals surface area contributed by atoms with Crippen LogP contribution in [0.4, 0.5) is 0 Å². The molecule has 0 radical (unpaired) electrons. The van der Waals surface area contributed by atoms with Crippen LogP contribution in [0.2, 0.25) is 0 Å². The number of hydrogen-bond donors (Lipinski definition) is 0. The van der Waals surface area contributed by atoms with Gasteiger partial charge >= 0.3 is 0 Å². The predicted octanol–water partition coefficient (Wildman–Crippen LogP) is 14.6. The number of furan rings is 2. The molecule has 0 fully saturated rings. The Kier molecular flexibility index (Phi) is 5.41. The van der Waals surface area contributed by atoms with Gasteiger partial charge in [0.05, 0.1) is 0 Å². The number of thiophene rings is 1. The van der Waals surface area contributed by atoms with Crippen molar-refractivity contribution in [1.82, 2.24) is 0 Å². The van der Waals surface area contributed by atoms with Crippen LogP contribution in [-0.2, 0) is 0 Å². The molecule has 0 atom stereocenters. The Balaban J connectivity index is 1.13. The lowest BCUT2D eigenvalue weighted by Crippen LogP contribution is -1.90. The first kappa shape index (κ1) is 27.4. The van der Waals surface area contributed by atoms with Gasteiger partial charge < -0.3 is 8.83 Å². The van der Waals surface area contributed by atoms with E-state index in [1.54, 1.807) is 0 Å². The molecular weight excluding hydrogens is 641 g/mol. The first-order valence-corrected chi connectivity index (χ1v) is 18.1. The van der Waals surface area contributed by atoms with E-state index >= 15 is 0 Å². The molecule has 0 bridgehead atoms. The van der Waals surface area contributed by atoms with E-state index in [0.29, 0.717) is 0 Å². The Labute approximate surface area is 295 Å². The fraction of sp³-hybridized carbons (Fsp3) is 0. The van der Waals surface area contributed by atoms with Crippen LogP contribution in [0.1, 0.15) is 0 Å². The Morgan fingerprint density at radius 2 is 0.882 bits per heavy atom.